The predicted molar refractivity (Wildman–Crippen MR) is 74.6 cm³/mol. The Morgan fingerprint density at radius 2 is 1.95 bits per heavy atom. The highest BCUT2D eigenvalue weighted by Gasteiger charge is 2.04. The summed E-state index contributed by atoms with van der Waals surface area (Å²) in [5, 5.41) is 10.1. The summed E-state index contributed by atoms with van der Waals surface area (Å²) in [6, 6.07) is 14.2. The van der Waals surface area contributed by atoms with Gasteiger partial charge in [-0.15, -0.1) is 0 Å². The van der Waals surface area contributed by atoms with E-state index < -0.39 is 0 Å². The lowest BCUT2D eigenvalue weighted by Gasteiger charge is -2.05. The zero-order valence-electron chi connectivity index (χ0n) is 10.5. The molecule has 0 unspecified atom stereocenters. The Hall–Kier alpha value is -2.60. The van der Waals surface area contributed by atoms with Crippen molar-refractivity contribution in [3.63, 3.8) is 0 Å². The highest BCUT2D eigenvalue weighted by molar-refractivity contribution is 5.85. The van der Waals surface area contributed by atoms with E-state index in [0.717, 1.165) is 29.4 Å². The van der Waals surface area contributed by atoms with Gasteiger partial charge in [0.2, 0.25) is 0 Å². The van der Waals surface area contributed by atoms with Crippen molar-refractivity contribution in [1.29, 1.82) is 5.26 Å². The van der Waals surface area contributed by atoms with Gasteiger partial charge in [0.05, 0.1) is 11.6 Å². The van der Waals surface area contributed by atoms with Crippen LogP contribution in [0.3, 0.4) is 0 Å². The lowest BCUT2D eigenvalue weighted by atomic mass is 10.1. The zero-order valence-corrected chi connectivity index (χ0v) is 10.5. The fourth-order valence-corrected chi connectivity index (χ4v) is 2.31. The maximum atomic E-state index is 9.09. The molecule has 0 bridgehead atoms. The lowest BCUT2D eigenvalue weighted by Crippen LogP contribution is -1.99. The number of aromatic nitrogens is 2. The average Bonchev–Trinajstić information content (AvgIpc) is 2.89. The summed E-state index contributed by atoms with van der Waals surface area (Å²) >= 11 is 0. The number of hydrogen-bond acceptors (Lipinski definition) is 2. The third kappa shape index (κ3) is 2.21. The van der Waals surface area contributed by atoms with Crippen molar-refractivity contribution >= 4 is 10.9 Å². The van der Waals surface area contributed by atoms with Gasteiger partial charge in [-0.1, -0.05) is 6.07 Å². The van der Waals surface area contributed by atoms with E-state index in [0.29, 0.717) is 0 Å². The Kier molecular flexibility index (Phi) is 2.99. The molecule has 3 heteroatoms. The van der Waals surface area contributed by atoms with Gasteiger partial charge in [-0.3, -0.25) is 4.98 Å². The SMILES string of the molecule is N#Cc1cccc2c1ccn2CCc1ccncc1. The van der Waals surface area contributed by atoms with Crippen molar-refractivity contribution in [3.8, 4) is 6.07 Å². The minimum Gasteiger partial charge on any atom is -0.347 e. The fraction of sp³-hybridized carbons (Fsp3) is 0.125. The number of nitriles is 1. The molecule has 0 fully saturated rings. The molecule has 19 heavy (non-hydrogen) atoms. The van der Waals surface area contributed by atoms with Crippen LogP contribution in [-0.4, -0.2) is 9.55 Å². The first kappa shape index (κ1) is 11.5. The molecule has 3 aromatic rings. The normalized spacial score (nSPS) is 10.5. The molecule has 2 heterocycles. The molecule has 92 valence electrons. The number of rotatable bonds is 3. The lowest BCUT2D eigenvalue weighted by molar-refractivity contribution is 0.722. The van der Waals surface area contributed by atoms with E-state index in [2.05, 4.69) is 21.7 Å². The van der Waals surface area contributed by atoms with Crippen LogP contribution in [0.25, 0.3) is 10.9 Å². The highest BCUT2D eigenvalue weighted by Crippen LogP contribution is 2.20. The molecular formula is C16H13N3. The predicted octanol–water partition coefficient (Wildman–Crippen LogP) is 3.15. The summed E-state index contributed by atoms with van der Waals surface area (Å²) in [5.74, 6) is 0. The fourth-order valence-electron chi connectivity index (χ4n) is 2.31. The number of benzene rings is 1. The standard InChI is InChI=1S/C16H13N3/c17-12-14-2-1-3-16-15(14)7-11-19(16)10-6-13-4-8-18-9-5-13/h1-5,7-9,11H,6,10H2. The first-order valence-corrected chi connectivity index (χ1v) is 6.25. The number of nitrogens with zero attached hydrogens (tertiary/aromatic N) is 3. The highest BCUT2D eigenvalue weighted by atomic mass is 14.9. The van der Waals surface area contributed by atoms with Gasteiger partial charge in [-0.05, 0) is 42.3 Å². The van der Waals surface area contributed by atoms with Gasteiger partial charge in [-0.2, -0.15) is 5.26 Å². The van der Waals surface area contributed by atoms with Gasteiger partial charge in [0.1, 0.15) is 0 Å². The van der Waals surface area contributed by atoms with Crippen LogP contribution in [0.1, 0.15) is 11.1 Å². The molecule has 0 atom stereocenters. The van der Waals surface area contributed by atoms with Gasteiger partial charge in [0.25, 0.3) is 0 Å². The second-order valence-electron chi connectivity index (χ2n) is 4.46. The van der Waals surface area contributed by atoms with Crippen LogP contribution in [0.4, 0.5) is 0 Å². The first-order valence-electron chi connectivity index (χ1n) is 6.25. The molecule has 0 radical (unpaired) electrons. The van der Waals surface area contributed by atoms with Crippen molar-refractivity contribution in [2.24, 2.45) is 0 Å². The maximum absolute atomic E-state index is 9.09. The number of pyridine rings is 1. The topological polar surface area (TPSA) is 41.6 Å². The number of hydrogen-bond donors (Lipinski definition) is 0. The van der Waals surface area contributed by atoms with Crippen LogP contribution < -0.4 is 0 Å². The van der Waals surface area contributed by atoms with E-state index in [9.17, 15) is 0 Å². The van der Waals surface area contributed by atoms with Crippen molar-refractivity contribution < 1.29 is 0 Å². The minimum atomic E-state index is 0.736. The molecule has 3 rings (SSSR count). The summed E-state index contributed by atoms with van der Waals surface area (Å²) in [4.78, 5) is 4.02. The van der Waals surface area contributed by atoms with Gasteiger partial charge in [-0.25, -0.2) is 0 Å². The zero-order chi connectivity index (χ0) is 13.1. The summed E-state index contributed by atoms with van der Waals surface area (Å²) in [5.41, 5.74) is 3.13. The van der Waals surface area contributed by atoms with Crippen LogP contribution in [-0.2, 0) is 13.0 Å². The summed E-state index contributed by atoms with van der Waals surface area (Å²) in [7, 11) is 0. The number of fused-ring (bicyclic) bond motifs is 1. The Morgan fingerprint density at radius 3 is 2.74 bits per heavy atom. The van der Waals surface area contributed by atoms with Crippen LogP contribution in [0.5, 0.6) is 0 Å². The Labute approximate surface area is 111 Å². The second kappa shape index (κ2) is 4.95. The van der Waals surface area contributed by atoms with E-state index in [4.69, 9.17) is 5.26 Å². The van der Waals surface area contributed by atoms with Gasteiger partial charge in [0, 0.05) is 36.0 Å². The molecule has 0 aliphatic rings. The van der Waals surface area contributed by atoms with Crippen molar-refractivity contribution in [2.75, 3.05) is 0 Å². The molecule has 0 aliphatic heterocycles. The molecule has 0 aliphatic carbocycles. The van der Waals surface area contributed by atoms with E-state index in [-0.39, 0.29) is 0 Å². The second-order valence-corrected chi connectivity index (χ2v) is 4.46. The maximum Gasteiger partial charge on any atom is 0.0998 e. The molecule has 0 N–H and O–H groups in total. The van der Waals surface area contributed by atoms with E-state index in [1.165, 1.54) is 5.56 Å². The largest absolute Gasteiger partial charge is 0.347 e. The van der Waals surface area contributed by atoms with E-state index in [1.807, 2.05) is 48.9 Å². The Balaban J connectivity index is 1.88. The van der Waals surface area contributed by atoms with Crippen molar-refractivity contribution in [2.45, 2.75) is 13.0 Å². The molecule has 0 amide bonds. The third-order valence-corrected chi connectivity index (χ3v) is 3.32. The summed E-state index contributed by atoms with van der Waals surface area (Å²) < 4.78 is 2.19. The third-order valence-electron chi connectivity index (χ3n) is 3.32. The average molecular weight is 247 g/mol. The summed E-state index contributed by atoms with van der Waals surface area (Å²) in [6.07, 6.45) is 6.64. The van der Waals surface area contributed by atoms with Gasteiger partial charge in [0.15, 0.2) is 0 Å². The van der Waals surface area contributed by atoms with Crippen LogP contribution in [0.15, 0.2) is 55.0 Å². The number of aryl methyl sites for hydroxylation is 2. The van der Waals surface area contributed by atoms with Crippen molar-refractivity contribution in [3.05, 3.63) is 66.1 Å². The molecule has 0 saturated carbocycles. The van der Waals surface area contributed by atoms with Crippen LogP contribution in [0.2, 0.25) is 0 Å². The monoisotopic (exact) mass is 247 g/mol. The molecule has 0 spiro atoms. The molecule has 1 aromatic carbocycles. The summed E-state index contributed by atoms with van der Waals surface area (Å²) in [6.45, 7) is 0.905. The van der Waals surface area contributed by atoms with Crippen molar-refractivity contribution in [1.82, 2.24) is 9.55 Å². The van der Waals surface area contributed by atoms with Crippen LogP contribution in [0, 0.1) is 11.3 Å². The molecule has 0 saturated heterocycles. The molecule has 3 nitrogen and oxygen atoms in total. The van der Waals surface area contributed by atoms with Gasteiger partial charge >= 0.3 is 0 Å². The van der Waals surface area contributed by atoms with E-state index >= 15 is 0 Å². The smallest absolute Gasteiger partial charge is 0.0998 e. The van der Waals surface area contributed by atoms with Gasteiger partial charge < -0.3 is 4.57 Å². The van der Waals surface area contributed by atoms with Crippen LogP contribution >= 0.6 is 0 Å². The Morgan fingerprint density at radius 1 is 1.11 bits per heavy atom. The minimum absolute atomic E-state index is 0.736. The quantitative estimate of drug-likeness (QED) is 0.713. The van der Waals surface area contributed by atoms with E-state index in [1.54, 1.807) is 0 Å². The molecular weight excluding hydrogens is 234 g/mol. The first-order chi connectivity index (χ1) is 9.38. The Bertz CT molecular complexity index is 736. The molecule has 2 aromatic heterocycles.